The van der Waals surface area contributed by atoms with E-state index < -0.39 is 0 Å². The van der Waals surface area contributed by atoms with Crippen molar-refractivity contribution in [3.63, 3.8) is 0 Å². The summed E-state index contributed by atoms with van der Waals surface area (Å²) in [6.45, 7) is 5.67. The molecule has 0 fully saturated rings. The highest BCUT2D eigenvalue weighted by Crippen LogP contribution is 2.12. The molecule has 1 rings (SSSR count). The number of hydrogen-bond acceptors (Lipinski definition) is 2. The SMILES string of the molecule is CCCCCCCCCCCCCCN1C=NCC1. The summed E-state index contributed by atoms with van der Waals surface area (Å²) in [6, 6.07) is 0. The van der Waals surface area contributed by atoms with Crippen LogP contribution in [0.5, 0.6) is 0 Å². The molecular weight excluding hydrogens is 232 g/mol. The summed E-state index contributed by atoms with van der Waals surface area (Å²) in [5.74, 6) is 0. The van der Waals surface area contributed by atoms with Gasteiger partial charge in [-0.25, -0.2) is 0 Å². The van der Waals surface area contributed by atoms with E-state index in [1.54, 1.807) is 0 Å². The standard InChI is InChI=1S/C17H34N2/c1-2-3-4-5-6-7-8-9-10-11-12-13-15-19-16-14-18-17-19/h17H,2-16H2,1H3. The summed E-state index contributed by atoms with van der Waals surface area (Å²) in [7, 11) is 0. The number of aliphatic imine (C=N–C) groups is 1. The molecule has 0 aromatic rings. The van der Waals surface area contributed by atoms with Crippen LogP contribution in [0, 0.1) is 0 Å². The first-order valence-corrected chi connectivity index (χ1v) is 8.67. The summed E-state index contributed by atoms with van der Waals surface area (Å²) in [4.78, 5) is 6.60. The number of rotatable bonds is 13. The Balaban J connectivity index is 1.68. The molecule has 1 aliphatic heterocycles. The first-order chi connectivity index (χ1) is 9.43. The zero-order valence-electron chi connectivity index (χ0n) is 13.1. The van der Waals surface area contributed by atoms with Crippen molar-refractivity contribution in [3.05, 3.63) is 0 Å². The van der Waals surface area contributed by atoms with Crippen molar-refractivity contribution >= 4 is 6.34 Å². The van der Waals surface area contributed by atoms with Crippen LogP contribution in [0.2, 0.25) is 0 Å². The number of nitrogens with zero attached hydrogens (tertiary/aromatic N) is 2. The van der Waals surface area contributed by atoms with Crippen LogP contribution < -0.4 is 0 Å². The third-order valence-corrected chi connectivity index (χ3v) is 4.06. The summed E-state index contributed by atoms with van der Waals surface area (Å²) < 4.78 is 0. The summed E-state index contributed by atoms with van der Waals surface area (Å²) in [5, 5.41) is 0. The molecule has 0 aromatic heterocycles. The van der Waals surface area contributed by atoms with Crippen LogP contribution in [-0.4, -0.2) is 30.9 Å². The molecule has 2 nitrogen and oxygen atoms in total. The van der Waals surface area contributed by atoms with Crippen LogP contribution in [0.15, 0.2) is 4.99 Å². The van der Waals surface area contributed by atoms with Crippen molar-refractivity contribution in [1.82, 2.24) is 4.90 Å². The average Bonchev–Trinajstić information content (AvgIpc) is 2.93. The highest BCUT2D eigenvalue weighted by molar-refractivity contribution is 5.56. The molecule has 0 radical (unpaired) electrons. The van der Waals surface area contributed by atoms with Gasteiger partial charge in [0.1, 0.15) is 0 Å². The van der Waals surface area contributed by atoms with Gasteiger partial charge in [-0.2, -0.15) is 0 Å². The highest BCUT2D eigenvalue weighted by atomic mass is 15.2. The van der Waals surface area contributed by atoms with E-state index in [0.29, 0.717) is 0 Å². The van der Waals surface area contributed by atoms with E-state index in [4.69, 9.17) is 0 Å². The Labute approximate surface area is 120 Å². The van der Waals surface area contributed by atoms with Gasteiger partial charge in [-0.3, -0.25) is 4.99 Å². The third kappa shape index (κ3) is 9.98. The Morgan fingerprint density at radius 1 is 0.789 bits per heavy atom. The Hall–Kier alpha value is -0.530. The molecule has 2 heteroatoms. The molecule has 0 saturated heterocycles. The first kappa shape index (κ1) is 16.5. The van der Waals surface area contributed by atoms with Crippen molar-refractivity contribution in [3.8, 4) is 0 Å². The fourth-order valence-electron chi connectivity index (χ4n) is 2.74. The van der Waals surface area contributed by atoms with Gasteiger partial charge in [0, 0.05) is 13.1 Å². The number of hydrogen-bond donors (Lipinski definition) is 0. The van der Waals surface area contributed by atoms with Gasteiger partial charge < -0.3 is 4.90 Å². The molecule has 0 atom stereocenters. The van der Waals surface area contributed by atoms with Gasteiger partial charge in [0.25, 0.3) is 0 Å². The van der Waals surface area contributed by atoms with E-state index in [0.717, 1.165) is 13.1 Å². The Bertz CT molecular complexity index is 213. The van der Waals surface area contributed by atoms with Gasteiger partial charge in [-0.15, -0.1) is 0 Å². The van der Waals surface area contributed by atoms with Gasteiger partial charge in [0.05, 0.1) is 12.9 Å². The second-order valence-electron chi connectivity index (χ2n) is 5.95. The monoisotopic (exact) mass is 266 g/mol. The maximum atomic E-state index is 4.24. The van der Waals surface area contributed by atoms with Gasteiger partial charge in [0.15, 0.2) is 0 Å². The zero-order valence-corrected chi connectivity index (χ0v) is 13.1. The largest absolute Gasteiger partial charge is 0.361 e. The first-order valence-electron chi connectivity index (χ1n) is 8.67. The summed E-state index contributed by atoms with van der Waals surface area (Å²) in [6.07, 6.45) is 19.2. The van der Waals surface area contributed by atoms with Crippen LogP contribution in [-0.2, 0) is 0 Å². The van der Waals surface area contributed by atoms with E-state index >= 15 is 0 Å². The summed E-state index contributed by atoms with van der Waals surface area (Å²) in [5.41, 5.74) is 0. The lowest BCUT2D eigenvalue weighted by molar-refractivity contribution is 0.438. The predicted octanol–water partition coefficient (Wildman–Crippen LogP) is 5.03. The Morgan fingerprint density at radius 2 is 1.32 bits per heavy atom. The molecule has 112 valence electrons. The molecule has 0 saturated carbocycles. The molecule has 0 aliphatic carbocycles. The van der Waals surface area contributed by atoms with E-state index in [1.165, 1.54) is 83.6 Å². The molecule has 1 aliphatic rings. The predicted molar refractivity (Wildman–Crippen MR) is 86.0 cm³/mol. The van der Waals surface area contributed by atoms with Crippen LogP contribution in [0.3, 0.4) is 0 Å². The van der Waals surface area contributed by atoms with E-state index in [9.17, 15) is 0 Å². The van der Waals surface area contributed by atoms with E-state index in [2.05, 4.69) is 16.8 Å². The van der Waals surface area contributed by atoms with Crippen LogP contribution in [0.25, 0.3) is 0 Å². The van der Waals surface area contributed by atoms with Gasteiger partial charge in [-0.1, -0.05) is 77.6 Å². The minimum atomic E-state index is 1.01. The molecule has 0 aromatic carbocycles. The summed E-state index contributed by atoms with van der Waals surface area (Å²) >= 11 is 0. The lowest BCUT2D eigenvalue weighted by Gasteiger charge is -2.12. The second kappa shape index (κ2) is 12.5. The molecule has 0 N–H and O–H groups in total. The van der Waals surface area contributed by atoms with Crippen LogP contribution in [0.4, 0.5) is 0 Å². The molecule has 0 unspecified atom stereocenters. The minimum Gasteiger partial charge on any atom is -0.361 e. The van der Waals surface area contributed by atoms with Crippen molar-refractivity contribution in [2.75, 3.05) is 19.6 Å². The van der Waals surface area contributed by atoms with Crippen molar-refractivity contribution in [2.24, 2.45) is 4.99 Å². The maximum Gasteiger partial charge on any atom is 0.0851 e. The van der Waals surface area contributed by atoms with Crippen molar-refractivity contribution < 1.29 is 0 Å². The van der Waals surface area contributed by atoms with Gasteiger partial charge >= 0.3 is 0 Å². The van der Waals surface area contributed by atoms with Gasteiger partial charge in [0.2, 0.25) is 0 Å². The number of unbranched alkanes of at least 4 members (excludes halogenated alkanes) is 11. The molecular formula is C17H34N2. The minimum absolute atomic E-state index is 1.01. The van der Waals surface area contributed by atoms with Crippen LogP contribution in [0.1, 0.15) is 84.0 Å². The van der Waals surface area contributed by atoms with Crippen molar-refractivity contribution in [2.45, 2.75) is 84.0 Å². The maximum absolute atomic E-state index is 4.24. The van der Waals surface area contributed by atoms with Crippen LogP contribution >= 0.6 is 0 Å². The molecule has 0 amide bonds. The topological polar surface area (TPSA) is 15.6 Å². The lowest BCUT2D eigenvalue weighted by Crippen LogP contribution is -2.20. The van der Waals surface area contributed by atoms with Crippen molar-refractivity contribution in [1.29, 1.82) is 0 Å². The average molecular weight is 266 g/mol. The van der Waals surface area contributed by atoms with E-state index in [-0.39, 0.29) is 0 Å². The molecule has 1 heterocycles. The van der Waals surface area contributed by atoms with Gasteiger partial charge in [-0.05, 0) is 6.42 Å². The quantitative estimate of drug-likeness (QED) is 0.427. The van der Waals surface area contributed by atoms with E-state index in [1.807, 2.05) is 6.34 Å². The zero-order chi connectivity index (χ0) is 13.6. The molecule has 0 bridgehead atoms. The highest BCUT2D eigenvalue weighted by Gasteiger charge is 2.03. The Morgan fingerprint density at radius 3 is 1.79 bits per heavy atom. The fourth-order valence-corrected chi connectivity index (χ4v) is 2.74. The smallest absolute Gasteiger partial charge is 0.0851 e. The lowest BCUT2D eigenvalue weighted by atomic mass is 10.1. The molecule has 0 spiro atoms. The second-order valence-corrected chi connectivity index (χ2v) is 5.95. The molecule has 19 heavy (non-hydrogen) atoms. The Kier molecular flexibility index (Phi) is 10.9. The normalized spacial score (nSPS) is 14.5. The fraction of sp³-hybridized carbons (Fsp3) is 0.941. The third-order valence-electron chi connectivity index (χ3n) is 4.06.